The fraction of sp³-hybridized carbons (Fsp3) is 0.857. The third-order valence-electron chi connectivity index (χ3n) is 4.13. The lowest BCUT2D eigenvalue weighted by atomic mass is 9.89. The summed E-state index contributed by atoms with van der Waals surface area (Å²) in [5.74, 6) is 0.284. The van der Waals surface area contributed by atoms with Crippen molar-refractivity contribution in [2.45, 2.75) is 51.0 Å². The van der Waals surface area contributed by atoms with E-state index < -0.39 is 0 Å². The molecule has 0 aromatic rings. The molecule has 2 aliphatic rings. The second kappa shape index (κ2) is 6.89. The maximum absolute atomic E-state index is 11.9. The minimum Gasteiger partial charge on any atom is -0.391 e. The number of nitrogens with one attached hydrogen (secondary N) is 1. The Balaban J connectivity index is 1.62. The molecule has 1 heterocycles. The molecule has 0 aromatic carbocycles. The lowest BCUT2D eigenvalue weighted by Crippen LogP contribution is -2.36. The van der Waals surface area contributed by atoms with Gasteiger partial charge in [-0.15, -0.1) is 0 Å². The van der Waals surface area contributed by atoms with Crippen LogP contribution in [-0.2, 0) is 9.59 Å². The van der Waals surface area contributed by atoms with Gasteiger partial charge in [-0.1, -0.05) is 19.3 Å². The summed E-state index contributed by atoms with van der Waals surface area (Å²) in [6, 6.07) is 0. The molecular formula is C14H24N2O3. The van der Waals surface area contributed by atoms with Crippen molar-refractivity contribution in [1.29, 1.82) is 0 Å². The van der Waals surface area contributed by atoms with E-state index in [1.165, 1.54) is 6.42 Å². The second-order valence-electron chi connectivity index (χ2n) is 5.66. The van der Waals surface area contributed by atoms with Crippen molar-refractivity contribution in [3.63, 3.8) is 0 Å². The number of likely N-dealkylation sites (tertiary alicyclic amines) is 1. The number of hydrogen-bond acceptors (Lipinski definition) is 3. The molecule has 2 amide bonds. The van der Waals surface area contributed by atoms with Crippen LogP contribution in [0.2, 0.25) is 0 Å². The van der Waals surface area contributed by atoms with E-state index in [1.807, 2.05) is 0 Å². The van der Waals surface area contributed by atoms with Crippen LogP contribution in [0.15, 0.2) is 0 Å². The van der Waals surface area contributed by atoms with Gasteiger partial charge in [0.15, 0.2) is 0 Å². The smallest absolute Gasteiger partial charge is 0.224 e. The molecule has 5 nitrogen and oxygen atoms in total. The standard InChI is InChI=1S/C14H24N2O3/c17-12-7-9-16(10-12)13(18)6-8-15-14(19)11-4-2-1-3-5-11/h11-12,17H,1-10H2,(H,15,19)/t12-/m1/s1. The van der Waals surface area contributed by atoms with Crippen molar-refractivity contribution in [3.05, 3.63) is 0 Å². The van der Waals surface area contributed by atoms with Crippen LogP contribution >= 0.6 is 0 Å². The van der Waals surface area contributed by atoms with Crippen LogP contribution in [0.4, 0.5) is 0 Å². The molecule has 1 saturated heterocycles. The van der Waals surface area contributed by atoms with Crippen molar-refractivity contribution < 1.29 is 14.7 Å². The fourth-order valence-electron chi connectivity index (χ4n) is 2.93. The molecule has 2 fully saturated rings. The average molecular weight is 268 g/mol. The van der Waals surface area contributed by atoms with Crippen LogP contribution in [0.5, 0.6) is 0 Å². The first kappa shape index (κ1) is 14.3. The Morgan fingerprint density at radius 3 is 2.53 bits per heavy atom. The van der Waals surface area contributed by atoms with Gasteiger partial charge in [0.1, 0.15) is 0 Å². The SMILES string of the molecule is O=C(NCCC(=O)N1CC[C@@H](O)C1)C1CCCCC1. The van der Waals surface area contributed by atoms with Crippen LogP contribution < -0.4 is 5.32 Å². The van der Waals surface area contributed by atoms with Gasteiger partial charge in [0.25, 0.3) is 0 Å². The second-order valence-corrected chi connectivity index (χ2v) is 5.66. The van der Waals surface area contributed by atoms with E-state index in [0.29, 0.717) is 32.5 Å². The number of aliphatic hydroxyl groups excluding tert-OH is 1. The van der Waals surface area contributed by atoms with E-state index in [0.717, 1.165) is 25.7 Å². The fourth-order valence-corrected chi connectivity index (χ4v) is 2.93. The van der Waals surface area contributed by atoms with Crippen LogP contribution in [0, 0.1) is 5.92 Å². The van der Waals surface area contributed by atoms with Gasteiger partial charge in [-0.2, -0.15) is 0 Å². The van der Waals surface area contributed by atoms with Crippen molar-refractivity contribution >= 4 is 11.8 Å². The van der Waals surface area contributed by atoms with Gasteiger partial charge in [0.2, 0.25) is 11.8 Å². The summed E-state index contributed by atoms with van der Waals surface area (Å²) < 4.78 is 0. The van der Waals surface area contributed by atoms with Gasteiger partial charge < -0.3 is 15.3 Å². The zero-order valence-corrected chi connectivity index (χ0v) is 11.4. The molecule has 19 heavy (non-hydrogen) atoms. The molecule has 1 aliphatic heterocycles. The van der Waals surface area contributed by atoms with Gasteiger partial charge in [0.05, 0.1) is 6.10 Å². The van der Waals surface area contributed by atoms with Gasteiger partial charge in [-0.05, 0) is 19.3 Å². The van der Waals surface area contributed by atoms with E-state index >= 15 is 0 Å². The molecule has 0 unspecified atom stereocenters. The Labute approximate surface area is 114 Å². The minimum atomic E-state index is -0.374. The Morgan fingerprint density at radius 1 is 1.16 bits per heavy atom. The number of aliphatic hydroxyl groups is 1. The van der Waals surface area contributed by atoms with Gasteiger partial charge in [-0.25, -0.2) is 0 Å². The van der Waals surface area contributed by atoms with Gasteiger partial charge in [-0.3, -0.25) is 9.59 Å². The first-order chi connectivity index (χ1) is 9.16. The number of carbonyl (C=O) groups is 2. The van der Waals surface area contributed by atoms with Crippen LogP contribution in [0.1, 0.15) is 44.9 Å². The molecule has 0 radical (unpaired) electrons. The Bertz CT molecular complexity index is 310. The highest BCUT2D eigenvalue weighted by atomic mass is 16.3. The van der Waals surface area contributed by atoms with E-state index in [1.54, 1.807) is 4.90 Å². The third kappa shape index (κ3) is 4.20. The van der Waals surface area contributed by atoms with E-state index in [4.69, 9.17) is 0 Å². The average Bonchev–Trinajstić information content (AvgIpc) is 2.86. The van der Waals surface area contributed by atoms with E-state index in [9.17, 15) is 14.7 Å². The Kier molecular flexibility index (Phi) is 5.19. The minimum absolute atomic E-state index is 0.0282. The highest BCUT2D eigenvalue weighted by Crippen LogP contribution is 2.23. The van der Waals surface area contributed by atoms with Crippen LogP contribution in [0.3, 0.4) is 0 Å². The summed E-state index contributed by atoms with van der Waals surface area (Å²) in [6.45, 7) is 1.49. The topological polar surface area (TPSA) is 69.6 Å². The summed E-state index contributed by atoms with van der Waals surface area (Å²) in [5, 5.41) is 12.2. The molecule has 2 N–H and O–H groups in total. The highest BCUT2D eigenvalue weighted by Gasteiger charge is 2.25. The number of rotatable bonds is 4. The maximum Gasteiger partial charge on any atom is 0.224 e. The molecule has 0 bridgehead atoms. The predicted octanol–water partition coefficient (Wildman–Crippen LogP) is 0.666. The first-order valence-electron chi connectivity index (χ1n) is 7.40. The summed E-state index contributed by atoms with van der Waals surface area (Å²) in [5.41, 5.74) is 0. The molecule has 5 heteroatoms. The molecule has 1 aliphatic carbocycles. The molecule has 0 spiro atoms. The molecular weight excluding hydrogens is 244 g/mol. The summed E-state index contributed by atoms with van der Waals surface area (Å²) in [6.07, 6.45) is 6.12. The Morgan fingerprint density at radius 2 is 1.89 bits per heavy atom. The normalized spacial score (nSPS) is 24.5. The lowest BCUT2D eigenvalue weighted by Gasteiger charge is -2.21. The van der Waals surface area contributed by atoms with Crippen molar-refractivity contribution in [1.82, 2.24) is 10.2 Å². The number of carbonyl (C=O) groups excluding carboxylic acids is 2. The van der Waals surface area contributed by atoms with Crippen LogP contribution in [-0.4, -0.2) is 47.6 Å². The number of β-amino-alcohol motifs (C(OH)–C–C–N with tert-alkyl or cyclic N) is 1. The molecule has 1 saturated carbocycles. The number of nitrogens with zero attached hydrogens (tertiary/aromatic N) is 1. The highest BCUT2D eigenvalue weighted by molar-refractivity contribution is 5.80. The summed E-state index contributed by atoms with van der Waals surface area (Å²) in [4.78, 5) is 25.4. The Hall–Kier alpha value is -1.10. The van der Waals surface area contributed by atoms with E-state index in [-0.39, 0.29) is 23.8 Å². The van der Waals surface area contributed by atoms with Gasteiger partial charge in [0, 0.05) is 32.0 Å². The molecule has 0 aromatic heterocycles. The van der Waals surface area contributed by atoms with Crippen molar-refractivity contribution in [3.8, 4) is 0 Å². The number of amides is 2. The lowest BCUT2D eigenvalue weighted by molar-refractivity contribution is -0.130. The zero-order valence-electron chi connectivity index (χ0n) is 11.4. The maximum atomic E-state index is 11.9. The molecule has 2 rings (SSSR count). The molecule has 1 atom stereocenters. The van der Waals surface area contributed by atoms with Crippen molar-refractivity contribution in [2.75, 3.05) is 19.6 Å². The first-order valence-corrected chi connectivity index (χ1v) is 7.40. The quantitative estimate of drug-likeness (QED) is 0.787. The zero-order chi connectivity index (χ0) is 13.7. The largest absolute Gasteiger partial charge is 0.391 e. The summed E-state index contributed by atoms with van der Waals surface area (Å²) in [7, 11) is 0. The van der Waals surface area contributed by atoms with Crippen molar-refractivity contribution in [2.24, 2.45) is 5.92 Å². The van der Waals surface area contributed by atoms with E-state index in [2.05, 4.69) is 5.32 Å². The third-order valence-corrected chi connectivity index (χ3v) is 4.13. The molecule has 108 valence electrons. The number of hydrogen-bond donors (Lipinski definition) is 2. The van der Waals surface area contributed by atoms with Crippen LogP contribution in [0.25, 0.3) is 0 Å². The monoisotopic (exact) mass is 268 g/mol. The predicted molar refractivity (Wildman–Crippen MR) is 71.4 cm³/mol. The van der Waals surface area contributed by atoms with Gasteiger partial charge >= 0.3 is 0 Å². The summed E-state index contributed by atoms with van der Waals surface area (Å²) >= 11 is 0.